The molecule has 0 saturated carbocycles. The summed E-state index contributed by atoms with van der Waals surface area (Å²) in [5.74, 6) is -0.711. The number of halogens is 2. The average Bonchev–Trinajstić information content (AvgIpc) is 2.30. The third kappa shape index (κ3) is 3.50. The number of aliphatic imine (C=N–C) groups is 1. The molecule has 0 atom stereocenters. The van der Waals surface area contributed by atoms with Crippen LogP contribution in [0.5, 0.6) is 0 Å². The summed E-state index contributed by atoms with van der Waals surface area (Å²) in [6.45, 7) is 5.43. The summed E-state index contributed by atoms with van der Waals surface area (Å²) in [6.07, 6.45) is 0.742. The predicted octanol–water partition coefficient (Wildman–Crippen LogP) is 4.77. The van der Waals surface area contributed by atoms with Crippen molar-refractivity contribution in [3.05, 3.63) is 40.4 Å². The Morgan fingerprint density at radius 1 is 1.38 bits per heavy atom. The second-order valence-corrected chi connectivity index (χ2v) is 6.49. The van der Waals surface area contributed by atoms with Crippen molar-refractivity contribution in [3.63, 3.8) is 0 Å². The Morgan fingerprint density at radius 3 is 2.62 bits per heavy atom. The summed E-state index contributed by atoms with van der Waals surface area (Å²) in [7, 11) is 0. The smallest absolute Gasteiger partial charge is 0.168 e. The van der Waals surface area contributed by atoms with Gasteiger partial charge >= 0.3 is 0 Å². The molecule has 5 heteroatoms. The molecule has 1 aliphatic rings. The van der Waals surface area contributed by atoms with Crippen LogP contribution in [0, 0.1) is 11.2 Å². The minimum atomic E-state index is -0.564. The Balaban J connectivity index is 2.41. The van der Waals surface area contributed by atoms with Gasteiger partial charge in [-0.1, -0.05) is 25.4 Å². The summed E-state index contributed by atoms with van der Waals surface area (Å²) in [4.78, 5) is 16.3. The maximum absolute atomic E-state index is 13.7. The summed E-state index contributed by atoms with van der Waals surface area (Å²) in [6, 6.07) is 4.13. The van der Waals surface area contributed by atoms with Crippen molar-refractivity contribution in [2.45, 2.75) is 33.6 Å². The van der Waals surface area contributed by atoms with E-state index >= 15 is 0 Å². The van der Waals surface area contributed by atoms with Crippen molar-refractivity contribution in [2.75, 3.05) is 0 Å². The van der Waals surface area contributed by atoms with Crippen molar-refractivity contribution in [3.8, 4) is 0 Å². The van der Waals surface area contributed by atoms with E-state index in [1.165, 1.54) is 12.1 Å². The zero-order valence-electron chi connectivity index (χ0n) is 12.2. The third-order valence-electron chi connectivity index (χ3n) is 3.41. The average molecular weight is 310 g/mol. The molecule has 0 aliphatic heterocycles. The van der Waals surface area contributed by atoms with E-state index in [0.29, 0.717) is 18.6 Å². The SMILES string of the molecule is CC(=Nc1ccc(Cl)cc1F)C1=C(O)CC(C)(C)CC1=O. The molecular weight excluding hydrogens is 293 g/mol. The van der Waals surface area contributed by atoms with E-state index in [9.17, 15) is 14.3 Å². The van der Waals surface area contributed by atoms with Gasteiger partial charge in [0.25, 0.3) is 0 Å². The van der Waals surface area contributed by atoms with Crippen molar-refractivity contribution >= 4 is 28.8 Å². The molecule has 0 bridgehead atoms. The summed E-state index contributed by atoms with van der Waals surface area (Å²) in [5.41, 5.74) is 0.337. The van der Waals surface area contributed by atoms with Crippen LogP contribution in [0.15, 0.2) is 34.5 Å². The van der Waals surface area contributed by atoms with Gasteiger partial charge in [0.1, 0.15) is 11.6 Å². The van der Waals surface area contributed by atoms with Gasteiger partial charge in [0.2, 0.25) is 0 Å². The van der Waals surface area contributed by atoms with Crippen LogP contribution in [-0.4, -0.2) is 16.6 Å². The molecule has 0 saturated heterocycles. The van der Waals surface area contributed by atoms with Crippen LogP contribution in [0.2, 0.25) is 5.02 Å². The van der Waals surface area contributed by atoms with Crippen LogP contribution in [0.25, 0.3) is 0 Å². The second kappa shape index (κ2) is 5.60. The molecule has 1 aliphatic carbocycles. The number of rotatable bonds is 2. The Kier molecular flexibility index (Phi) is 4.19. The summed E-state index contributed by atoms with van der Waals surface area (Å²) >= 11 is 5.69. The van der Waals surface area contributed by atoms with Crippen LogP contribution < -0.4 is 0 Å². The number of carbonyl (C=O) groups excluding carboxylic acids is 1. The summed E-state index contributed by atoms with van der Waals surface area (Å²) < 4.78 is 13.7. The van der Waals surface area contributed by atoms with Crippen LogP contribution in [-0.2, 0) is 4.79 Å². The van der Waals surface area contributed by atoms with Gasteiger partial charge in [-0.15, -0.1) is 0 Å². The highest BCUT2D eigenvalue weighted by atomic mass is 35.5. The van der Waals surface area contributed by atoms with Gasteiger partial charge in [0.05, 0.1) is 17.0 Å². The largest absolute Gasteiger partial charge is 0.511 e. The minimum Gasteiger partial charge on any atom is -0.511 e. The summed E-state index contributed by atoms with van der Waals surface area (Å²) in [5, 5.41) is 10.4. The molecule has 0 fully saturated rings. The molecule has 2 rings (SSSR count). The number of nitrogens with zero attached hydrogens (tertiary/aromatic N) is 1. The first-order chi connectivity index (χ1) is 9.69. The number of hydrogen-bond acceptors (Lipinski definition) is 3. The fourth-order valence-corrected chi connectivity index (χ4v) is 2.67. The van der Waals surface area contributed by atoms with E-state index < -0.39 is 5.82 Å². The minimum absolute atomic E-state index is 0.0203. The Bertz CT molecular complexity index is 662. The normalized spacial score (nSPS) is 19.1. The molecular formula is C16H17ClFNO2. The van der Waals surface area contributed by atoms with Crippen LogP contribution in [0.1, 0.15) is 33.6 Å². The maximum Gasteiger partial charge on any atom is 0.168 e. The first-order valence-electron chi connectivity index (χ1n) is 6.66. The van der Waals surface area contributed by atoms with E-state index in [-0.39, 0.29) is 33.2 Å². The Morgan fingerprint density at radius 2 is 2.05 bits per heavy atom. The van der Waals surface area contributed by atoms with Crippen molar-refractivity contribution in [1.82, 2.24) is 0 Å². The van der Waals surface area contributed by atoms with E-state index in [0.717, 1.165) is 6.07 Å². The first-order valence-corrected chi connectivity index (χ1v) is 7.03. The monoisotopic (exact) mass is 309 g/mol. The van der Waals surface area contributed by atoms with Crippen LogP contribution in [0.4, 0.5) is 10.1 Å². The van der Waals surface area contributed by atoms with Gasteiger partial charge in [-0.05, 0) is 30.5 Å². The number of carbonyl (C=O) groups is 1. The number of benzene rings is 1. The van der Waals surface area contributed by atoms with Gasteiger partial charge in [0, 0.05) is 17.9 Å². The molecule has 0 spiro atoms. The quantitative estimate of drug-likeness (QED) is 0.800. The number of aliphatic hydroxyl groups excluding tert-OH is 1. The lowest BCUT2D eigenvalue weighted by atomic mass is 9.76. The highest BCUT2D eigenvalue weighted by molar-refractivity contribution is 6.30. The van der Waals surface area contributed by atoms with Gasteiger partial charge in [-0.25, -0.2) is 9.38 Å². The molecule has 1 aromatic rings. The van der Waals surface area contributed by atoms with E-state index in [2.05, 4.69) is 4.99 Å². The lowest BCUT2D eigenvalue weighted by Gasteiger charge is -2.29. The fraction of sp³-hybridized carbons (Fsp3) is 0.375. The molecule has 112 valence electrons. The number of Topliss-reactive ketones (excluding diaryl/α,β-unsaturated/α-hetero) is 1. The van der Waals surface area contributed by atoms with Crippen LogP contribution >= 0.6 is 11.6 Å². The van der Waals surface area contributed by atoms with E-state index in [1.807, 2.05) is 13.8 Å². The highest BCUT2D eigenvalue weighted by Gasteiger charge is 2.34. The molecule has 0 unspecified atom stereocenters. The van der Waals surface area contributed by atoms with Crippen molar-refractivity contribution < 1.29 is 14.3 Å². The van der Waals surface area contributed by atoms with Crippen molar-refractivity contribution in [1.29, 1.82) is 0 Å². The van der Waals surface area contributed by atoms with Gasteiger partial charge in [-0.3, -0.25) is 4.79 Å². The number of hydrogen-bond donors (Lipinski definition) is 1. The lowest BCUT2D eigenvalue weighted by Crippen LogP contribution is -2.28. The Hall–Kier alpha value is -1.68. The van der Waals surface area contributed by atoms with Gasteiger partial charge in [0.15, 0.2) is 5.78 Å². The zero-order valence-corrected chi connectivity index (χ0v) is 13.0. The zero-order chi connectivity index (χ0) is 15.8. The standard InChI is InChI=1S/C16H17ClFNO2/c1-9(19-12-5-4-10(17)6-11(12)18)15-13(20)7-16(2,3)8-14(15)21/h4-6,20H,7-8H2,1-3H3. The molecule has 0 amide bonds. The van der Waals surface area contributed by atoms with Gasteiger partial charge < -0.3 is 5.11 Å². The number of allylic oxidation sites excluding steroid dienone is 2. The molecule has 1 N–H and O–H groups in total. The Labute approximate surface area is 128 Å². The number of ketones is 1. The lowest BCUT2D eigenvalue weighted by molar-refractivity contribution is -0.117. The van der Waals surface area contributed by atoms with Gasteiger partial charge in [-0.2, -0.15) is 0 Å². The topological polar surface area (TPSA) is 49.7 Å². The molecule has 1 aromatic carbocycles. The third-order valence-corrected chi connectivity index (χ3v) is 3.65. The molecule has 0 heterocycles. The van der Waals surface area contributed by atoms with E-state index in [1.54, 1.807) is 6.92 Å². The predicted molar refractivity (Wildman–Crippen MR) is 81.9 cm³/mol. The van der Waals surface area contributed by atoms with E-state index in [4.69, 9.17) is 11.6 Å². The molecule has 3 nitrogen and oxygen atoms in total. The van der Waals surface area contributed by atoms with Crippen LogP contribution in [0.3, 0.4) is 0 Å². The van der Waals surface area contributed by atoms with Crippen molar-refractivity contribution in [2.24, 2.45) is 10.4 Å². The molecule has 21 heavy (non-hydrogen) atoms. The second-order valence-electron chi connectivity index (χ2n) is 6.06. The maximum atomic E-state index is 13.7. The highest BCUT2D eigenvalue weighted by Crippen LogP contribution is 2.36. The number of aliphatic hydroxyl groups is 1. The molecule has 0 radical (unpaired) electrons. The fourth-order valence-electron chi connectivity index (χ4n) is 2.51. The molecule has 0 aromatic heterocycles. The first kappa shape index (κ1) is 15.7.